The third-order valence-corrected chi connectivity index (χ3v) is 4.68. The number of benzene rings is 1. The Hall–Kier alpha value is -1.07. The molecule has 0 saturated carbocycles. The third kappa shape index (κ3) is 6.59. The first-order chi connectivity index (χ1) is 9.07. The van der Waals surface area contributed by atoms with Gasteiger partial charge in [-0.15, -0.1) is 0 Å². The summed E-state index contributed by atoms with van der Waals surface area (Å²) in [6, 6.07) is 7.88. The van der Waals surface area contributed by atoms with Crippen molar-refractivity contribution in [1.82, 2.24) is 0 Å². The number of rotatable bonds is 9. The highest BCUT2D eigenvalue weighted by atomic mass is 32.2. The molecule has 0 aliphatic rings. The standard InChI is InChI=1S/C14H23NO3S/c1-2-13-5-7-14(8-6-13)18-10-4-12-19(16,17)11-3-9-15/h5-8H,2-4,9-12,15H2,1H3. The van der Waals surface area contributed by atoms with Crippen LogP contribution in [0.25, 0.3) is 0 Å². The number of hydrogen-bond donors (Lipinski definition) is 1. The molecule has 0 aliphatic heterocycles. The van der Waals surface area contributed by atoms with Crippen molar-refractivity contribution in [3.8, 4) is 5.75 Å². The Bertz CT molecular complexity index is 454. The van der Waals surface area contributed by atoms with Crippen LogP contribution in [0.4, 0.5) is 0 Å². The fourth-order valence-corrected chi connectivity index (χ4v) is 3.06. The Kier molecular flexibility index (Phi) is 6.87. The van der Waals surface area contributed by atoms with Crippen LogP contribution in [0.3, 0.4) is 0 Å². The van der Waals surface area contributed by atoms with E-state index in [2.05, 4.69) is 6.92 Å². The molecule has 0 bridgehead atoms. The monoisotopic (exact) mass is 285 g/mol. The van der Waals surface area contributed by atoms with E-state index in [-0.39, 0.29) is 11.5 Å². The van der Waals surface area contributed by atoms with Crippen LogP contribution >= 0.6 is 0 Å². The molecule has 0 fully saturated rings. The number of hydrogen-bond acceptors (Lipinski definition) is 4. The van der Waals surface area contributed by atoms with Crippen LogP contribution in [0.15, 0.2) is 24.3 Å². The minimum atomic E-state index is -2.97. The summed E-state index contributed by atoms with van der Waals surface area (Å²) in [4.78, 5) is 0. The van der Waals surface area contributed by atoms with Gasteiger partial charge >= 0.3 is 0 Å². The maximum atomic E-state index is 11.6. The highest BCUT2D eigenvalue weighted by Gasteiger charge is 2.09. The Morgan fingerprint density at radius 1 is 1.11 bits per heavy atom. The second-order valence-electron chi connectivity index (χ2n) is 4.49. The molecule has 0 saturated heterocycles. The second kappa shape index (κ2) is 8.17. The van der Waals surface area contributed by atoms with Gasteiger partial charge < -0.3 is 10.5 Å². The molecule has 108 valence electrons. The SMILES string of the molecule is CCc1ccc(OCCCS(=O)(=O)CCCN)cc1. The average Bonchev–Trinajstić information content (AvgIpc) is 2.42. The first-order valence-electron chi connectivity index (χ1n) is 6.69. The van der Waals surface area contributed by atoms with Crippen molar-refractivity contribution < 1.29 is 13.2 Å². The molecule has 0 heterocycles. The van der Waals surface area contributed by atoms with Gasteiger partial charge in [-0.25, -0.2) is 8.42 Å². The van der Waals surface area contributed by atoms with Crippen LogP contribution in [0.1, 0.15) is 25.3 Å². The molecule has 0 unspecified atom stereocenters. The molecule has 4 nitrogen and oxygen atoms in total. The minimum Gasteiger partial charge on any atom is -0.494 e. The molecule has 0 radical (unpaired) electrons. The minimum absolute atomic E-state index is 0.167. The quantitative estimate of drug-likeness (QED) is 0.702. The van der Waals surface area contributed by atoms with Gasteiger partial charge in [0.1, 0.15) is 15.6 Å². The molecule has 0 atom stereocenters. The molecular formula is C14H23NO3S. The number of sulfone groups is 1. The van der Waals surface area contributed by atoms with Crippen molar-refractivity contribution in [2.75, 3.05) is 24.7 Å². The Labute approximate surface area is 115 Å². The van der Waals surface area contributed by atoms with Gasteiger partial charge in [-0.05, 0) is 43.5 Å². The van der Waals surface area contributed by atoms with Crippen LogP contribution in [0.2, 0.25) is 0 Å². The second-order valence-corrected chi connectivity index (χ2v) is 6.80. The summed E-state index contributed by atoms with van der Waals surface area (Å²) in [7, 11) is -2.97. The van der Waals surface area contributed by atoms with Gasteiger partial charge in [0, 0.05) is 0 Å². The van der Waals surface area contributed by atoms with Crippen molar-refractivity contribution in [3.63, 3.8) is 0 Å². The first-order valence-corrected chi connectivity index (χ1v) is 8.52. The summed E-state index contributed by atoms with van der Waals surface area (Å²) in [5.74, 6) is 1.13. The molecule has 2 N–H and O–H groups in total. The van der Waals surface area contributed by atoms with Crippen LogP contribution < -0.4 is 10.5 Å². The summed E-state index contributed by atoms with van der Waals surface area (Å²) < 4.78 is 28.7. The highest BCUT2D eigenvalue weighted by molar-refractivity contribution is 7.91. The Morgan fingerprint density at radius 2 is 1.74 bits per heavy atom. The lowest BCUT2D eigenvalue weighted by Gasteiger charge is -2.07. The van der Waals surface area contributed by atoms with Crippen molar-refractivity contribution in [1.29, 1.82) is 0 Å². The summed E-state index contributed by atoms with van der Waals surface area (Å²) >= 11 is 0. The fraction of sp³-hybridized carbons (Fsp3) is 0.571. The zero-order chi connectivity index (χ0) is 14.1. The largest absolute Gasteiger partial charge is 0.494 e. The highest BCUT2D eigenvalue weighted by Crippen LogP contribution is 2.12. The zero-order valence-corrected chi connectivity index (χ0v) is 12.3. The molecule has 1 aromatic carbocycles. The van der Waals surface area contributed by atoms with E-state index in [4.69, 9.17) is 10.5 Å². The van der Waals surface area contributed by atoms with Crippen molar-refractivity contribution >= 4 is 9.84 Å². The maximum Gasteiger partial charge on any atom is 0.150 e. The molecule has 1 aromatic rings. The summed E-state index contributed by atoms with van der Waals surface area (Å²) in [6.07, 6.45) is 2.05. The van der Waals surface area contributed by atoms with E-state index in [1.54, 1.807) is 0 Å². The third-order valence-electron chi connectivity index (χ3n) is 2.86. The lowest BCUT2D eigenvalue weighted by molar-refractivity contribution is 0.317. The molecular weight excluding hydrogens is 262 g/mol. The van der Waals surface area contributed by atoms with E-state index < -0.39 is 9.84 Å². The van der Waals surface area contributed by atoms with Gasteiger partial charge in [0.05, 0.1) is 18.1 Å². The van der Waals surface area contributed by atoms with E-state index in [1.807, 2.05) is 24.3 Å². The summed E-state index contributed by atoms with van der Waals surface area (Å²) in [5, 5.41) is 0. The van der Waals surface area contributed by atoms with Crippen molar-refractivity contribution in [2.24, 2.45) is 5.73 Å². The molecule has 0 amide bonds. The van der Waals surface area contributed by atoms with Gasteiger partial charge in [0.15, 0.2) is 0 Å². The molecule has 1 rings (SSSR count). The van der Waals surface area contributed by atoms with E-state index in [0.717, 1.165) is 12.2 Å². The van der Waals surface area contributed by atoms with Crippen LogP contribution in [-0.2, 0) is 16.3 Å². The fourth-order valence-electron chi connectivity index (χ4n) is 1.70. The molecule has 5 heteroatoms. The van der Waals surface area contributed by atoms with Gasteiger partial charge in [0.25, 0.3) is 0 Å². The van der Waals surface area contributed by atoms with Gasteiger partial charge in [-0.2, -0.15) is 0 Å². The zero-order valence-electron chi connectivity index (χ0n) is 11.5. The van der Waals surface area contributed by atoms with E-state index in [9.17, 15) is 8.42 Å². The number of nitrogens with two attached hydrogens (primary N) is 1. The van der Waals surface area contributed by atoms with Crippen molar-refractivity contribution in [2.45, 2.75) is 26.2 Å². The van der Waals surface area contributed by atoms with Crippen LogP contribution in [-0.4, -0.2) is 33.1 Å². The van der Waals surface area contributed by atoms with Crippen molar-refractivity contribution in [3.05, 3.63) is 29.8 Å². The van der Waals surface area contributed by atoms with E-state index >= 15 is 0 Å². The number of ether oxygens (including phenoxy) is 1. The van der Waals surface area contributed by atoms with E-state index in [1.165, 1.54) is 5.56 Å². The normalized spacial score (nSPS) is 11.5. The molecule has 19 heavy (non-hydrogen) atoms. The predicted molar refractivity (Wildman–Crippen MR) is 78.3 cm³/mol. The smallest absolute Gasteiger partial charge is 0.150 e. The maximum absolute atomic E-state index is 11.6. The molecule has 0 spiro atoms. The summed E-state index contributed by atoms with van der Waals surface area (Å²) in [5.41, 5.74) is 6.56. The van der Waals surface area contributed by atoms with Crippen LogP contribution in [0, 0.1) is 0 Å². The molecule has 0 aromatic heterocycles. The Balaban J connectivity index is 2.26. The van der Waals surface area contributed by atoms with Gasteiger partial charge in [0.2, 0.25) is 0 Å². The number of aryl methyl sites for hydroxylation is 1. The van der Waals surface area contributed by atoms with Gasteiger partial charge in [-0.1, -0.05) is 19.1 Å². The topological polar surface area (TPSA) is 69.4 Å². The molecule has 0 aliphatic carbocycles. The summed E-state index contributed by atoms with van der Waals surface area (Å²) in [6.45, 7) is 2.94. The van der Waals surface area contributed by atoms with Gasteiger partial charge in [-0.3, -0.25) is 0 Å². The Morgan fingerprint density at radius 3 is 2.32 bits per heavy atom. The lowest BCUT2D eigenvalue weighted by atomic mass is 10.2. The average molecular weight is 285 g/mol. The first kappa shape index (κ1) is 16.0. The van der Waals surface area contributed by atoms with E-state index in [0.29, 0.717) is 26.0 Å². The lowest BCUT2D eigenvalue weighted by Crippen LogP contribution is -2.16. The predicted octanol–water partition coefficient (Wildman–Crippen LogP) is 1.78. The van der Waals surface area contributed by atoms with Crippen LogP contribution in [0.5, 0.6) is 5.75 Å².